The fourth-order valence-electron chi connectivity index (χ4n) is 1.33. The zero-order valence-electron chi connectivity index (χ0n) is 13.2. The van der Waals surface area contributed by atoms with E-state index in [1.807, 2.05) is 60.7 Å². The summed E-state index contributed by atoms with van der Waals surface area (Å²) in [6.07, 6.45) is 2.02. The van der Waals surface area contributed by atoms with Crippen LogP contribution in [0.3, 0.4) is 0 Å². The van der Waals surface area contributed by atoms with Crippen molar-refractivity contribution >= 4 is 58.5 Å². The van der Waals surface area contributed by atoms with Gasteiger partial charge in [-0.05, 0) is 47.2 Å². The Bertz CT molecular complexity index is 627. The van der Waals surface area contributed by atoms with E-state index in [1.54, 1.807) is 0 Å². The maximum Gasteiger partial charge on any atom is 2.00 e. The second-order valence-corrected chi connectivity index (χ2v) is 6.06. The van der Waals surface area contributed by atoms with Crippen molar-refractivity contribution in [2.45, 2.75) is 9.79 Å². The smallest absolute Gasteiger partial charge is 0.545 e. The van der Waals surface area contributed by atoms with Crippen molar-refractivity contribution in [3.05, 3.63) is 83.6 Å². The predicted molar refractivity (Wildman–Crippen MR) is 98.6 cm³/mol. The molecule has 0 saturated carbocycles. The fraction of sp³-hybridized carbons (Fsp3) is 0. The second-order valence-electron chi connectivity index (χ2n) is 4.11. The Morgan fingerprint density at radius 3 is 1.28 bits per heavy atom. The van der Waals surface area contributed by atoms with Crippen LogP contribution < -0.4 is 10.2 Å². The third-order valence-electron chi connectivity index (χ3n) is 2.30. The number of rotatable bonds is 6. The van der Waals surface area contributed by atoms with Gasteiger partial charge in [-0.25, -0.2) is 0 Å². The van der Waals surface area contributed by atoms with Gasteiger partial charge in [0.1, 0.15) is 0 Å². The summed E-state index contributed by atoms with van der Waals surface area (Å²) in [7, 11) is 0. The first kappa shape index (κ1) is 23.3. The first-order chi connectivity index (χ1) is 11.6. The van der Waals surface area contributed by atoms with Crippen molar-refractivity contribution in [1.82, 2.24) is 0 Å². The zero-order chi connectivity index (χ0) is 17.6. The Morgan fingerprint density at radius 2 is 1.00 bits per heavy atom. The molecule has 0 aliphatic heterocycles. The minimum Gasteiger partial charge on any atom is -0.545 e. The largest absolute Gasteiger partial charge is 2.00 e. The van der Waals surface area contributed by atoms with Gasteiger partial charge in [0.25, 0.3) is 0 Å². The number of thioether (sulfide) groups is 2. The average Bonchev–Trinajstić information content (AvgIpc) is 2.57. The number of hydrogen-bond donors (Lipinski definition) is 0. The van der Waals surface area contributed by atoms with Gasteiger partial charge in [-0.1, -0.05) is 59.9 Å². The molecule has 0 atom stereocenters. The molecule has 0 aromatic heterocycles. The molecule has 2 aromatic rings. The molecule has 25 heavy (non-hydrogen) atoms. The summed E-state index contributed by atoms with van der Waals surface area (Å²) in [4.78, 5) is 22.0. The number of carbonyl (C=O) groups excluding carboxylic acids is 2. The van der Waals surface area contributed by atoms with Gasteiger partial charge in [-0.2, -0.15) is 0 Å². The third-order valence-corrected chi connectivity index (χ3v) is 3.94. The number of carboxylic acid groups (broad SMARTS) is 2. The molecule has 0 spiro atoms. The molecular formula is C18H14MgO4S2. The molecule has 0 fully saturated rings. The summed E-state index contributed by atoms with van der Waals surface area (Å²) < 4.78 is 0. The van der Waals surface area contributed by atoms with Gasteiger partial charge in [0.15, 0.2) is 0 Å². The van der Waals surface area contributed by atoms with E-state index in [9.17, 15) is 19.8 Å². The van der Waals surface area contributed by atoms with Gasteiger partial charge >= 0.3 is 23.1 Å². The van der Waals surface area contributed by atoms with Gasteiger partial charge < -0.3 is 19.8 Å². The Balaban J connectivity index is 0.000000443. The Kier molecular flexibility index (Phi) is 13.7. The molecule has 0 bridgehead atoms. The summed E-state index contributed by atoms with van der Waals surface area (Å²) in [6.45, 7) is 0. The molecule has 0 heterocycles. The topological polar surface area (TPSA) is 80.3 Å². The maximum atomic E-state index is 9.98. The number of carbonyl (C=O) groups is 2. The van der Waals surface area contributed by atoms with Gasteiger partial charge in [0.05, 0.1) is 11.9 Å². The summed E-state index contributed by atoms with van der Waals surface area (Å²) >= 11 is 2.69. The molecular weight excluding hydrogens is 369 g/mol. The molecule has 2 rings (SSSR count). The van der Waals surface area contributed by atoms with E-state index in [-0.39, 0.29) is 23.1 Å². The minimum atomic E-state index is -1.17. The Morgan fingerprint density at radius 1 is 0.680 bits per heavy atom. The van der Waals surface area contributed by atoms with Crippen molar-refractivity contribution in [3.8, 4) is 0 Å². The van der Waals surface area contributed by atoms with E-state index >= 15 is 0 Å². The number of carboxylic acids is 2. The van der Waals surface area contributed by atoms with Crippen LogP contribution in [0.4, 0.5) is 0 Å². The van der Waals surface area contributed by atoms with E-state index in [1.165, 1.54) is 34.3 Å². The third kappa shape index (κ3) is 13.3. The first-order valence-corrected chi connectivity index (χ1v) is 8.52. The van der Waals surface area contributed by atoms with Crippen LogP contribution in [-0.2, 0) is 9.59 Å². The number of hydrogen-bond acceptors (Lipinski definition) is 6. The van der Waals surface area contributed by atoms with Crippen molar-refractivity contribution in [3.63, 3.8) is 0 Å². The molecule has 0 aliphatic carbocycles. The van der Waals surface area contributed by atoms with Crippen molar-refractivity contribution < 1.29 is 19.8 Å². The normalized spacial score (nSPS) is 9.92. The standard InChI is InChI=1S/2C9H8O2S.Mg/c2*10-9(11)6-7-12-8-4-2-1-3-5-8;/h2*1-7H,(H,10,11);/q;;+2/p-2/b2*7-6+;. The zero-order valence-corrected chi connectivity index (χ0v) is 16.3. The summed E-state index contributed by atoms with van der Waals surface area (Å²) in [6, 6.07) is 19.0. The van der Waals surface area contributed by atoms with Gasteiger partial charge in [-0.15, -0.1) is 0 Å². The molecule has 0 unspecified atom stereocenters. The summed E-state index contributed by atoms with van der Waals surface area (Å²) in [5.41, 5.74) is 0. The van der Waals surface area contributed by atoms with Crippen molar-refractivity contribution in [2.75, 3.05) is 0 Å². The van der Waals surface area contributed by atoms with Crippen LogP contribution >= 0.6 is 23.5 Å². The molecule has 124 valence electrons. The minimum absolute atomic E-state index is 0. The van der Waals surface area contributed by atoms with Gasteiger partial charge in [0.2, 0.25) is 0 Å². The summed E-state index contributed by atoms with van der Waals surface area (Å²) in [5.74, 6) is -2.34. The Labute approximate surface area is 171 Å². The fourth-order valence-corrected chi connectivity index (χ4v) is 2.64. The van der Waals surface area contributed by atoms with Gasteiger partial charge in [-0.3, -0.25) is 0 Å². The van der Waals surface area contributed by atoms with Crippen molar-refractivity contribution in [1.29, 1.82) is 0 Å². The average molecular weight is 383 g/mol. The molecule has 0 saturated heterocycles. The van der Waals surface area contributed by atoms with E-state index in [0.29, 0.717) is 0 Å². The van der Waals surface area contributed by atoms with Crippen LogP contribution in [0, 0.1) is 0 Å². The van der Waals surface area contributed by atoms with Crippen LogP contribution in [0.25, 0.3) is 0 Å². The first-order valence-electron chi connectivity index (χ1n) is 6.76. The molecule has 2 aromatic carbocycles. The second kappa shape index (κ2) is 14.7. The molecule has 0 N–H and O–H groups in total. The van der Waals surface area contributed by atoms with E-state index in [0.717, 1.165) is 21.9 Å². The van der Waals surface area contributed by atoms with Crippen LogP contribution in [0.1, 0.15) is 0 Å². The van der Waals surface area contributed by atoms with E-state index in [2.05, 4.69) is 0 Å². The van der Waals surface area contributed by atoms with Crippen LogP contribution in [0.15, 0.2) is 93.4 Å². The molecule has 0 aliphatic rings. The maximum absolute atomic E-state index is 9.98. The Hall–Kier alpha value is -1.67. The predicted octanol–water partition coefficient (Wildman–Crippen LogP) is 1.70. The number of aliphatic carboxylic acids is 2. The van der Waals surface area contributed by atoms with Crippen molar-refractivity contribution in [2.24, 2.45) is 0 Å². The quantitative estimate of drug-likeness (QED) is 0.430. The van der Waals surface area contributed by atoms with E-state index < -0.39 is 11.9 Å². The van der Waals surface area contributed by atoms with Crippen LogP contribution in [0.2, 0.25) is 0 Å². The van der Waals surface area contributed by atoms with E-state index in [4.69, 9.17) is 0 Å². The SMILES string of the molecule is O=C([O-])/C=C/Sc1ccccc1.O=C([O-])/C=C/Sc1ccccc1.[Mg+2]. The molecule has 7 heteroatoms. The molecule has 4 nitrogen and oxygen atoms in total. The number of benzene rings is 2. The molecule has 0 amide bonds. The van der Waals surface area contributed by atoms with Crippen LogP contribution in [-0.4, -0.2) is 35.0 Å². The van der Waals surface area contributed by atoms with Crippen LogP contribution in [0.5, 0.6) is 0 Å². The summed E-state index contributed by atoms with van der Waals surface area (Å²) in [5, 5.41) is 22.9. The van der Waals surface area contributed by atoms with Gasteiger partial charge in [0, 0.05) is 9.79 Å². The molecule has 0 radical (unpaired) electrons. The monoisotopic (exact) mass is 382 g/mol.